The van der Waals surface area contributed by atoms with Crippen molar-refractivity contribution in [1.82, 2.24) is 0 Å². The molecule has 2 spiro atoms. The van der Waals surface area contributed by atoms with Gasteiger partial charge in [0.2, 0.25) is 0 Å². The zero-order chi connectivity index (χ0) is 27.8. The van der Waals surface area contributed by atoms with Gasteiger partial charge >= 0.3 is 5.97 Å². The van der Waals surface area contributed by atoms with Gasteiger partial charge in [0.15, 0.2) is 11.6 Å². The van der Waals surface area contributed by atoms with Gasteiger partial charge in [-0.2, -0.15) is 0 Å². The molecule has 2 heterocycles. The van der Waals surface area contributed by atoms with E-state index in [9.17, 15) is 14.7 Å². The van der Waals surface area contributed by atoms with Gasteiger partial charge in [-0.15, -0.1) is 0 Å². The number of rotatable bonds is 19. The number of carbonyl (C=O) groups is 2. The monoisotopic (exact) mass is 546 g/mol. The lowest BCUT2D eigenvalue weighted by Gasteiger charge is -2.41. The van der Waals surface area contributed by atoms with Crippen LogP contribution in [0.1, 0.15) is 142 Å². The molecule has 0 aromatic carbocycles. The number of aliphatic hydroxyl groups excluding tert-OH is 1. The molecule has 2 aliphatic heterocycles. The molecule has 0 radical (unpaired) electrons. The zero-order valence-corrected chi connectivity index (χ0v) is 24.5. The quantitative estimate of drug-likeness (QED) is 0.132. The van der Waals surface area contributed by atoms with Gasteiger partial charge in [-0.1, -0.05) is 103 Å². The largest absolute Gasteiger partial charge is 0.466 e. The van der Waals surface area contributed by atoms with E-state index in [1.807, 2.05) is 0 Å². The summed E-state index contributed by atoms with van der Waals surface area (Å²) in [4.78, 5) is 23.9. The van der Waals surface area contributed by atoms with E-state index < -0.39 is 23.6 Å². The van der Waals surface area contributed by atoms with Crippen LogP contribution in [0.5, 0.6) is 0 Å². The van der Waals surface area contributed by atoms with Crippen LogP contribution >= 0.6 is 0 Å². The molecule has 1 N–H and O–H groups in total. The topological polar surface area (TPSA) is 82.1 Å². The van der Waals surface area contributed by atoms with Crippen LogP contribution in [0, 0.1) is 0 Å². The Hall–Kier alpha value is -1.50. The van der Waals surface area contributed by atoms with E-state index in [0.29, 0.717) is 32.3 Å². The highest BCUT2D eigenvalue weighted by Crippen LogP contribution is 2.47. The number of esters is 1. The number of ketones is 1. The summed E-state index contributed by atoms with van der Waals surface area (Å²) < 4.78 is 18.0. The fraction of sp³-hybridized carbons (Fsp3) is 0.818. The third-order valence-electron chi connectivity index (χ3n) is 8.45. The molecule has 3 atom stereocenters. The van der Waals surface area contributed by atoms with E-state index in [4.69, 9.17) is 14.2 Å². The highest BCUT2D eigenvalue weighted by molar-refractivity contribution is 6.00. The summed E-state index contributed by atoms with van der Waals surface area (Å²) in [5.41, 5.74) is -0.663. The van der Waals surface area contributed by atoms with E-state index >= 15 is 0 Å². The smallest absolute Gasteiger partial charge is 0.308 e. The second kappa shape index (κ2) is 17.3. The lowest BCUT2D eigenvalue weighted by atomic mass is 9.92. The van der Waals surface area contributed by atoms with E-state index in [0.717, 1.165) is 12.8 Å². The Morgan fingerprint density at radius 1 is 0.872 bits per heavy atom. The molecule has 0 bridgehead atoms. The maximum absolute atomic E-state index is 12.4. The second-order valence-corrected chi connectivity index (χ2v) is 12.1. The number of ether oxygens (including phenoxy) is 3. The van der Waals surface area contributed by atoms with Crippen molar-refractivity contribution < 1.29 is 28.9 Å². The molecule has 39 heavy (non-hydrogen) atoms. The van der Waals surface area contributed by atoms with Crippen LogP contribution in [-0.4, -0.2) is 47.1 Å². The molecule has 222 valence electrons. The third kappa shape index (κ3) is 11.9. The minimum atomic E-state index is -0.925. The summed E-state index contributed by atoms with van der Waals surface area (Å²) in [7, 11) is 0. The first kappa shape index (κ1) is 32.0. The van der Waals surface area contributed by atoms with Crippen LogP contribution in [0.2, 0.25) is 0 Å². The number of unbranched alkanes of at least 4 members (excludes halogenated alkanes) is 15. The first-order chi connectivity index (χ1) is 18.9. The van der Waals surface area contributed by atoms with E-state index in [1.54, 1.807) is 12.2 Å². The number of hydrogen-bond acceptors (Lipinski definition) is 6. The van der Waals surface area contributed by atoms with Crippen LogP contribution in [0.4, 0.5) is 0 Å². The second-order valence-electron chi connectivity index (χ2n) is 12.1. The highest BCUT2D eigenvalue weighted by atomic mass is 16.7. The van der Waals surface area contributed by atoms with Crippen molar-refractivity contribution in [2.24, 2.45) is 0 Å². The average molecular weight is 547 g/mol. The standard InChI is InChI=1S/C33H54O6/c1-2-3-4-5-6-7-8-9-10-11-12-13-14-15-16-17-24-37-31(36)26-30-25-29(35)27-33(38-30)23-22-32(39-33)20-18-28(34)19-21-32/h18-21,29-30,35H,2-17,22-27H2,1H3/t29-,30+,33-/m0/s1. The summed E-state index contributed by atoms with van der Waals surface area (Å²) in [6, 6.07) is 0. The zero-order valence-electron chi connectivity index (χ0n) is 24.5. The molecule has 3 aliphatic rings. The maximum Gasteiger partial charge on any atom is 0.308 e. The van der Waals surface area contributed by atoms with Crippen molar-refractivity contribution in [3.63, 3.8) is 0 Å². The number of aliphatic hydroxyl groups is 1. The molecule has 0 saturated carbocycles. The van der Waals surface area contributed by atoms with Crippen molar-refractivity contribution in [3.05, 3.63) is 24.3 Å². The third-order valence-corrected chi connectivity index (χ3v) is 8.45. The summed E-state index contributed by atoms with van der Waals surface area (Å²) >= 11 is 0. The minimum absolute atomic E-state index is 0.0558. The fourth-order valence-corrected chi connectivity index (χ4v) is 6.20. The minimum Gasteiger partial charge on any atom is -0.466 e. The molecule has 2 fully saturated rings. The molecule has 6 heteroatoms. The Kier molecular flexibility index (Phi) is 14.2. The van der Waals surface area contributed by atoms with E-state index in [1.165, 1.54) is 102 Å². The number of allylic oxidation sites excluding steroid dienone is 2. The predicted molar refractivity (Wildman–Crippen MR) is 154 cm³/mol. The van der Waals surface area contributed by atoms with Crippen LogP contribution in [0.25, 0.3) is 0 Å². The lowest BCUT2D eigenvalue weighted by Crippen LogP contribution is -2.48. The van der Waals surface area contributed by atoms with Crippen LogP contribution in [0.3, 0.4) is 0 Å². The molecule has 0 amide bonds. The predicted octanol–water partition coefficient (Wildman–Crippen LogP) is 7.66. The Labute approximate surface area is 236 Å². The van der Waals surface area contributed by atoms with E-state index in [-0.39, 0.29) is 18.2 Å². The van der Waals surface area contributed by atoms with Gasteiger partial charge in [0.25, 0.3) is 0 Å². The number of carbonyl (C=O) groups excluding carboxylic acids is 2. The summed E-state index contributed by atoms with van der Waals surface area (Å²) in [5, 5.41) is 10.5. The van der Waals surface area contributed by atoms with Crippen molar-refractivity contribution in [2.45, 2.75) is 165 Å². The molecule has 3 rings (SSSR count). The fourth-order valence-electron chi connectivity index (χ4n) is 6.20. The molecule has 0 aromatic rings. The Morgan fingerprint density at radius 3 is 1.97 bits per heavy atom. The number of hydrogen-bond donors (Lipinski definition) is 1. The molecule has 0 unspecified atom stereocenters. The van der Waals surface area contributed by atoms with Crippen LogP contribution < -0.4 is 0 Å². The molecule has 0 aromatic heterocycles. The summed E-state index contributed by atoms with van der Waals surface area (Å²) in [5.74, 6) is -1.26. The highest BCUT2D eigenvalue weighted by Gasteiger charge is 2.52. The maximum atomic E-state index is 12.4. The SMILES string of the molecule is CCCCCCCCCCCCCCCCCCOC(=O)C[C@H]1C[C@H](O)C[C@@]2(CCC3(C=CC(=O)C=C3)O2)O1. The summed E-state index contributed by atoms with van der Waals surface area (Å²) in [6.45, 7) is 2.72. The van der Waals surface area contributed by atoms with Crippen molar-refractivity contribution in [1.29, 1.82) is 0 Å². The van der Waals surface area contributed by atoms with Gasteiger partial charge in [0, 0.05) is 19.3 Å². The molecule has 6 nitrogen and oxygen atoms in total. The normalized spacial score (nSPS) is 25.6. The average Bonchev–Trinajstić information content (AvgIpc) is 3.23. The lowest BCUT2D eigenvalue weighted by molar-refractivity contribution is -0.291. The molecule has 1 aliphatic carbocycles. The van der Waals surface area contributed by atoms with Crippen molar-refractivity contribution >= 4 is 11.8 Å². The van der Waals surface area contributed by atoms with Crippen LogP contribution in [-0.2, 0) is 23.8 Å². The van der Waals surface area contributed by atoms with Gasteiger partial charge in [0.1, 0.15) is 5.60 Å². The van der Waals surface area contributed by atoms with Gasteiger partial charge in [-0.3, -0.25) is 9.59 Å². The van der Waals surface area contributed by atoms with Gasteiger partial charge in [-0.05, 0) is 37.1 Å². The molecular weight excluding hydrogens is 492 g/mol. The Bertz CT molecular complexity index is 773. The summed E-state index contributed by atoms with van der Waals surface area (Å²) in [6.07, 6.45) is 28.8. The Balaban J connectivity index is 1.16. The molecular formula is C33H54O6. The van der Waals surface area contributed by atoms with Crippen molar-refractivity contribution in [2.75, 3.05) is 6.61 Å². The first-order valence-corrected chi connectivity index (χ1v) is 16.1. The van der Waals surface area contributed by atoms with Gasteiger partial charge < -0.3 is 19.3 Å². The van der Waals surface area contributed by atoms with Gasteiger partial charge in [0.05, 0.1) is 25.2 Å². The van der Waals surface area contributed by atoms with E-state index in [2.05, 4.69) is 6.92 Å². The molecule has 2 saturated heterocycles. The first-order valence-electron chi connectivity index (χ1n) is 16.1. The van der Waals surface area contributed by atoms with Crippen LogP contribution in [0.15, 0.2) is 24.3 Å². The van der Waals surface area contributed by atoms with Gasteiger partial charge in [-0.25, -0.2) is 0 Å². The Morgan fingerprint density at radius 2 is 1.41 bits per heavy atom. The van der Waals surface area contributed by atoms with Crippen molar-refractivity contribution in [3.8, 4) is 0 Å².